The predicted molar refractivity (Wildman–Crippen MR) is 109 cm³/mol. The van der Waals surface area contributed by atoms with Crippen LogP contribution >= 0.6 is 24.0 Å². The van der Waals surface area contributed by atoms with Gasteiger partial charge in [-0.15, -0.1) is 24.0 Å². The average molecular weight is 484 g/mol. The molecule has 1 aromatic carbocycles. The van der Waals surface area contributed by atoms with E-state index in [1.807, 2.05) is 20.8 Å². The first-order valence-corrected chi connectivity index (χ1v) is 8.29. The van der Waals surface area contributed by atoms with E-state index in [9.17, 15) is 13.6 Å². The van der Waals surface area contributed by atoms with Gasteiger partial charge in [-0.25, -0.2) is 4.99 Å². The lowest BCUT2D eigenvalue weighted by molar-refractivity contribution is -0.120. The molecular formula is C17H27F2IN4O2. The van der Waals surface area contributed by atoms with Crippen LogP contribution in [0.5, 0.6) is 5.75 Å². The molecule has 3 N–H and O–H groups in total. The second kappa shape index (κ2) is 13.5. The summed E-state index contributed by atoms with van der Waals surface area (Å²) >= 11 is 0. The molecule has 148 valence electrons. The normalized spacial score (nSPS) is 10.9. The lowest BCUT2D eigenvalue weighted by Crippen LogP contribution is -2.43. The third-order valence-electron chi connectivity index (χ3n) is 3.17. The Morgan fingerprint density at radius 3 is 2.58 bits per heavy atom. The molecule has 0 atom stereocenters. The number of guanidine groups is 1. The van der Waals surface area contributed by atoms with Crippen molar-refractivity contribution in [2.75, 3.05) is 19.6 Å². The number of nitrogens with one attached hydrogen (secondary N) is 3. The second-order valence-corrected chi connectivity index (χ2v) is 5.39. The molecule has 1 rings (SSSR count). The topological polar surface area (TPSA) is 74.8 Å². The van der Waals surface area contributed by atoms with Gasteiger partial charge in [-0.3, -0.25) is 4.79 Å². The number of nitrogens with zero attached hydrogens (tertiary/aromatic N) is 1. The van der Waals surface area contributed by atoms with E-state index in [4.69, 9.17) is 0 Å². The summed E-state index contributed by atoms with van der Waals surface area (Å²) in [7, 11) is 0. The fourth-order valence-electron chi connectivity index (χ4n) is 2.04. The fraction of sp³-hybridized carbons (Fsp3) is 0.529. The van der Waals surface area contributed by atoms with E-state index in [1.54, 1.807) is 12.1 Å². The minimum absolute atomic E-state index is 0. The zero-order valence-corrected chi connectivity index (χ0v) is 17.6. The number of hydrogen-bond donors (Lipinski definition) is 3. The summed E-state index contributed by atoms with van der Waals surface area (Å²) < 4.78 is 29.5. The smallest absolute Gasteiger partial charge is 0.387 e. The van der Waals surface area contributed by atoms with Crippen molar-refractivity contribution < 1.29 is 18.3 Å². The largest absolute Gasteiger partial charge is 0.434 e. The summed E-state index contributed by atoms with van der Waals surface area (Å²) in [6.07, 6.45) is 0.861. The van der Waals surface area contributed by atoms with E-state index in [1.165, 1.54) is 6.07 Å². The quantitative estimate of drug-likeness (QED) is 0.287. The molecule has 6 nitrogen and oxygen atoms in total. The molecule has 0 unspecified atom stereocenters. The van der Waals surface area contributed by atoms with Gasteiger partial charge >= 0.3 is 6.61 Å². The lowest BCUT2D eigenvalue weighted by atomic mass is 10.1. The van der Waals surface area contributed by atoms with E-state index in [2.05, 4.69) is 25.7 Å². The maximum absolute atomic E-state index is 12.5. The molecule has 0 heterocycles. The van der Waals surface area contributed by atoms with Gasteiger partial charge in [0.1, 0.15) is 5.75 Å². The number of benzene rings is 1. The lowest BCUT2D eigenvalue weighted by Gasteiger charge is -2.13. The third-order valence-corrected chi connectivity index (χ3v) is 3.17. The molecule has 1 amide bonds. The highest BCUT2D eigenvalue weighted by Gasteiger charge is 2.10. The Labute approximate surface area is 170 Å². The van der Waals surface area contributed by atoms with Crippen LogP contribution in [-0.2, 0) is 11.3 Å². The van der Waals surface area contributed by atoms with Gasteiger partial charge in [-0.1, -0.05) is 24.6 Å². The molecule has 0 saturated carbocycles. The number of carbonyl (C=O) groups excluding carboxylic acids is 1. The molecule has 26 heavy (non-hydrogen) atoms. The van der Waals surface area contributed by atoms with E-state index in [0.29, 0.717) is 24.6 Å². The van der Waals surface area contributed by atoms with Crippen molar-refractivity contribution in [2.24, 2.45) is 4.99 Å². The first-order valence-electron chi connectivity index (χ1n) is 8.29. The zero-order valence-electron chi connectivity index (χ0n) is 15.3. The molecule has 0 fully saturated rings. The minimum Gasteiger partial charge on any atom is -0.434 e. The third kappa shape index (κ3) is 9.73. The molecule has 0 radical (unpaired) electrons. The monoisotopic (exact) mass is 484 g/mol. The number of carbonyl (C=O) groups is 1. The van der Waals surface area contributed by atoms with Gasteiger partial charge in [0.25, 0.3) is 0 Å². The first kappa shape index (κ1) is 24.4. The number of ether oxygens (including phenoxy) is 1. The molecule has 0 aromatic heterocycles. The summed E-state index contributed by atoms with van der Waals surface area (Å²) in [6.45, 7) is 4.30. The summed E-state index contributed by atoms with van der Waals surface area (Å²) in [4.78, 5) is 16.0. The SMILES string of the molecule is CCCNC(=O)CNC(=NCc1cc(C)ccc1OC(F)F)NCC.I. The molecular weight excluding hydrogens is 457 g/mol. The first-order chi connectivity index (χ1) is 12.0. The van der Waals surface area contributed by atoms with Gasteiger partial charge in [0.15, 0.2) is 5.96 Å². The van der Waals surface area contributed by atoms with Crippen molar-refractivity contribution >= 4 is 35.8 Å². The Morgan fingerprint density at radius 1 is 1.23 bits per heavy atom. The van der Waals surface area contributed by atoms with Crippen LogP contribution in [0.4, 0.5) is 8.78 Å². The Hall–Kier alpha value is -1.65. The van der Waals surface area contributed by atoms with Crippen molar-refractivity contribution in [3.63, 3.8) is 0 Å². The van der Waals surface area contributed by atoms with Gasteiger partial charge < -0.3 is 20.7 Å². The highest BCUT2D eigenvalue weighted by atomic mass is 127. The van der Waals surface area contributed by atoms with Crippen molar-refractivity contribution in [1.29, 1.82) is 0 Å². The Bertz CT molecular complexity index is 586. The minimum atomic E-state index is -2.89. The number of halogens is 3. The van der Waals surface area contributed by atoms with Gasteiger partial charge in [0.05, 0.1) is 13.1 Å². The van der Waals surface area contributed by atoms with Crippen LogP contribution in [0, 0.1) is 6.92 Å². The number of aliphatic imine (C=N–C) groups is 1. The predicted octanol–water partition coefficient (Wildman–Crippen LogP) is 2.80. The van der Waals surface area contributed by atoms with Crippen molar-refractivity contribution in [3.8, 4) is 5.75 Å². The van der Waals surface area contributed by atoms with Crippen molar-refractivity contribution in [2.45, 2.75) is 40.3 Å². The number of rotatable bonds is 9. The highest BCUT2D eigenvalue weighted by Crippen LogP contribution is 2.22. The molecule has 0 aliphatic heterocycles. The van der Waals surface area contributed by atoms with Crippen LogP contribution in [0.2, 0.25) is 0 Å². The van der Waals surface area contributed by atoms with Crippen LogP contribution in [0.25, 0.3) is 0 Å². The summed E-state index contributed by atoms with van der Waals surface area (Å²) in [5.74, 6) is 0.393. The van der Waals surface area contributed by atoms with Crippen molar-refractivity contribution in [3.05, 3.63) is 29.3 Å². The summed E-state index contributed by atoms with van der Waals surface area (Å²) in [5.41, 5.74) is 1.47. The van der Waals surface area contributed by atoms with Crippen molar-refractivity contribution in [1.82, 2.24) is 16.0 Å². The number of hydrogen-bond acceptors (Lipinski definition) is 3. The zero-order chi connectivity index (χ0) is 18.7. The van der Waals surface area contributed by atoms with Gasteiger partial charge in [-0.2, -0.15) is 8.78 Å². The number of alkyl halides is 2. The van der Waals surface area contributed by atoms with E-state index < -0.39 is 6.61 Å². The molecule has 0 spiro atoms. The Kier molecular flexibility index (Phi) is 12.7. The van der Waals surface area contributed by atoms with Crippen LogP contribution in [0.3, 0.4) is 0 Å². The van der Waals surface area contributed by atoms with E-state index in [-0.39, 0.29) is 48.7 Å². The standard InChI is InChI=1S/C17H26F2N4O2.HI/c1-4-8-21-15(24)11-23-17(20-5-2)22-10-13-9-12(3)6-7-14(13)25-16(18)19;/h6-7,9,16H,4-5,8,10-11H2,1-3H3,(H,21,24)(H2,20,22,23);1H. The molecule has 0 aliphatic carbocycles. The van der Waals surface area contributed by atoms with Crippen LogP contribution in [0.1, 0.15) is 31.4 Å². The van der Waals surface area contributed by atoms with Crippen LogP contribution in [0.15, 0.2) is 23.2 Å². The molecule has 0 bridgehead atoms. The van der Waals surface area contributed by atoms with E-state index >= 15 is 0 Å². The molecule has 0 saturated heterocycles. The Balaban J connectivity index is 0.00000625. The maximum Gasteiger partial charge on any atom is 0.387 e. The molecule has 0 aliphatic rings. The number of amides is 1. The molecule has 1 aromatic rings. The van der Waals surface area contributed by atoms with Gasteiger partial charge in [0, 0.05) is 18.7 Å². The van der Waals surface area contributed by atoms with Gasteiger partial charge in [-0.05, 0) is 26.3 Å². The van der Waals surface area contributed by atoms with Crippen LogP contribution < -0.4 is 20.7 Å². The summed E-state index contributed by atoms with van der Waals surface area (Å²) in [6, 6.07) is 4.95. The second-order valence-electron chi connectivity index (χ2n) is 5.39. The highest BCUT2D eigenvalue weighted by molar-refractivity contribution is 14.0. The molecule has 9 heteroatoms. The average Bonchev–Trinajstić information content (AvgIpc) is 2.57. The number of aryl methyl sites for hydroxylation is 1. The summed E-state index contributed by atoms with van der Waals surface area (Å²) in [5, 5.41) is 8.68. The van der Waals surface area contributed by atoms with Crippen LogP contribution in [-0.4, -0.2) is 38.1 Å². The van der Waals surface area contributed by atoms with Gasteiger partial charge in [0.2, 0.25) is 5.91 Å². The maximum atomic E-state index is 12.5. The van der Waals surface area contributed by atoms with E-state index in [0.717, 1.165) is 12.0 Å². The Morgan fingerprint density at radius 2 is 1.96 bits per heavy atom. The fourth-order valence-corrected chi connectivity index (χ4v) is 2.04.